The maximum Gasteiger partial charge on any atom is 0.0661 e. The van der Waals surface area contributed by atoms with E-state index in [1.54, 1.807) is 0 Å². The number of rotatable bonds is 5. The summed E-state index contributed by atoms with van der Waals surface area (Å²) in [5.74, 6) is 0. The summed E-state index contributed by atoms with van der Waals surface area (Å²) in [6, 6.07) is 0.615. The summed E-state index contributed by atoms with van der Waals surface area (Å²) in [5, 5.41) is 9.57. The Kier molecular flexibility index (Phi) is 4.68. The van der Waals surface area contributed by atoms with Crippen LogP contribution < -0.4 is 0 Å². The van der Waals surface area contributed by atoms with Crippen molar-refractivity contribution in [3.05, 3.63) is 0 Å². The van der Waals surface area contributed by atoms with Gasteiger partial charge in [-0.25, -0.2) is 0 Å². The van der Waals surface area contributed by atoms with E-state index in [4.69, 9.17) is 4.74 Å². The van der Waals surface area contributed by atoms with Gasteiger partial charge in [-0.15, -0.1) is 0 Å². The molecule has 0 amide bonds. The molecular formula is C15H29NO2. The van der Waals surface area contributed by atoms with Crippen molar-refractivity contribution >= 4 is 0 Å². The molecule has 0 aromatic heterocycles. The van der Waals surface area contributed by atoms with Crippen molar-refractivity contribution in [1.29, 1.82) is 0 Å². The standard InChI is InChI=1S/C15H29NO2/c1-4-18-14-10-13(16(3)11-12(2)17)15(14)8-6-5-7-9-15/h12-14,17H,4-11H2,1-3H3/t12-,13-,14+/m0/s1. The largest absolute Gasteiger partial charge is 0.392 e. The van der Waals surface area contributed by atoms with Crippen LogP contribution in [0.2, 0.25) is 0 Å². The van der Waals surface area contributed by atoms with Crippen molar-refractivity contribution in [3.8, 4) is 0 Å². The molecule has 0 aromatic rings. The maximum absolute atomic E-state index is 9.57. The molecule has 106 valence electrons. The predicted octanol–water partition coefficient (Wildman–Crippen LogP) is 2.43. The van der Waals surface area contributed by atoms with Crippen molar-refractivity contribution in [2.45, 2.75) is 70.6 Å². The van der Waals surface area contributed by atoms with E-state index in [0.29, 0.717) is 17.6 Å². The van der Waals surface area contributed by atoms with Gasteiger partial charge in [0.05, 0.1) is 12.2 Å². The number of aliphatic hydroxyl groups excluding tert-OH is 1. The highest BCUT2D eigenvalue weighted by molar-refractivity contribution is 5.09. The Morgan fingerprint density at radius 3 is 2.56 bits per heavy atom. The number of aliphatic hydroxyl groups is 1. The van der Waals surface area contributed by atoms with Gasteiger partial charge >= 0.3 is 0 Å². The molecule has 0 bridgehead atoms. The zero-order valence-corrected chi connectivity index (χ0v) is 12.2. The number of nitrogens with zero attached hydrogens (tertiary/aromatic N) is 1. The second kappa shape index (κ2) is 5.89. The van der Waals surface area contributed by atoms with Crippen molar-refractivity contribution < 1.29 is 9.84 Å². The number of ether oxygens (including phenoxy) is 1. The van der Waals surface area contributed by atoms with E-state index in [1.807, 2.05) is 6.92 Å². The van der Waals surface area contributed by atoms with Gasteiger partial charge in [-0.1, -0.05) is 19.3 Å². The Bertz CT molecular complexity index is 261. The van der Waals surface area contributed by atoms with Gasteiger partial charge < -0.3 is 14.7 Å². The summed E-state index contributed by atoms with van der Waals surface area (Å²) < 4.78 is 5.97. The third-order valence-corrected chi connectivity index (χ3v) is 4.98. The Balaban J connectivity index is 2.02. The smallest absolute Gasteiger partial charge is 0.0661 e. The summed E-state index contributed by atoms with van der Waals surface area (Å²) >= 11 is 0. The molecule has 2 rings (SSSR count). The third kappa shape index (κ3) is 2.59. The molecule has 0 saturated heterocycles. The Morgan fingerprint density at radius 1 is 1.33 bits per heavy atom. The summed E-state index contributed by atoms with van der Waals surface area (Å²) in [4.78, 5) is 2.37. The van der Waals surface area contributed by atoms with Crippen LogP contribution in [-0.4, -0.2) is 48.5 Å². The van der Waals surface area contributed by atoms with E-state index in [0.717, 1.165) is 19.6 Å². The minimum Gasteiger partial charge on any atom is -0.392 e. The highest BCUT2D eigenvalue weighted by atomic mass is 16.5. The highest BCUT2D eigenvalue weighted by Gasteiger charge is 2.56. The summed E-state index contributed by atoms with van der Waals surface area (Å²) in [6.45, 7) is 5.59. The van der Waals surface area contributed by atoms with Gasteiger partial charge in [-0.05, 0) is 40.2 Å². The monoisotopic (exact) mass is 255 g/mol. The molecule has 2 aliphatic carbocycles. The van der Waals surface area contributed by atoms with Gasteiger partial charge in [0, 0.05) is 24.6 Å². The summed E-state index contributed by atoms with van der Waals surface area (Å²) in [5.41, 5.74) is 0.387. The first-order valence-corrected chi connectivity index (χ1v) is 7.60. The lowest BCUT2D eigenvalue weighted by molar-refractivity contribution is -0.181. The van der Waals surface area contributed by atoms with E-state index in [2.05, 4.69) is 18.9 Å². The molecule has 1 spiro atoms. The van der Waals surface area contributed by atoms with Gasteiger partial charge in [-0.3, -0.25) is 0 Å². The van der Waals surface area contributed by atoms with Gasteiger partial charge in [0.1, 0.15) is 0 Å². The van der Waals surface area contributed by atoms with E-state index in [1.165, 1.54) is 32.1 Å². The van der Waals surface area contributed by atoms with Crippen LogP contribution in [-0.2, 0) is 4.74 Å². The summed E-state index contributed by atoms with van der Waals surface area (Å²) in [7, 11) is 2.16. The molecule has 0 aliphatic heterocycles. The molecule has 2 fully saturated rings. The first kappa shape index (κ1) is 14.3. The van der Waals surface area contributed by atoms with Crippen LogP contribution in [0, 0.1) is 5.41 Å². The number of hydrogen-bond donors (Lipinski definition) is 1. The summed E-state index contributed by atoms with van der Waals surface area (Å²) in [6.07, 6.45) is 8.08. The first-order valence-electron chi connectivity index (χ1n) is 7.60. The topological polar surface area (TPSA) is 32.7 Å². The molecule has 2 saturated carbocycles. The zero-order chi connectivity index (χ0) is 13.2. The van der Waals surface area contributed by atoms with Crippen LogP contribution in [0.4, 0.5) is 0 Å². The number of hydrogen-bond acceptors (Lipinski definition) is 3. The van der Waals surface area contributed by atoms with Crippen LogP contribution in [0.1, 0.15) is 52.4 Å². The van der Waals surface area contributed by atoms with E-state index >= 15 is 0 Å². The SMILES string of the molecule is CCO[C@@H]1C[C@H](N(C)C[C@H](C)O)C12CCCCC2. The minimum atomic E-state index is -0.234. The lowest BCUT2D eigenvalue weighted by atomic mass is 9.54. The van der Waals surface area contributed by atoms with Crippen LogP contribution >= 0.6 is 0 Å². The van der Waals surface area contributed by atoms with Gasteiger partial charge in [-0.2, -0.15) is 0 Å². The molecule has 0 unspecified atom stereocenters. The Labute approximate surface area is 112 Å². The van der Waals surface area contributed by atoms with Crippen molar-refractivity contribution in [2.75, 3.05) is 20.2 Å². The van der Waals surface area contributed by atoms with E-state index < -0.39 is 0 Å². The molecule has 0 aromatic carbocycles. The third-order valence-electron chi connectivity index (χ3n) is 4.98. The molecule has 1 N–H and O–H groups in total. The maximum atomic E-state index is 9.57. The molecule has 3 heteroatoms. The molecule has 0 radical (unpaired) electrons. The molecule has 18 heavy (non-hydrogen) atoms. The molecule has 3 atom stereocenters. The second-order valence-corrected chi connectivity index (χ2v) is 6.28. The molecular weight excluding hydrogens is 226 g/mol. The van der Waals surface area contributed by atoms with Crippen LogP contribution in [0.3, 0.4) is 0 Å². The fraction of sp³-hybridized carbons (Fsp3) is 1.00. The van der Waals surface area contributed by atoms with Crippen LogP contribution in [0.25, 0.3) is 0 Å². The zero-order valence-electron chi connectivity index (χ0n) is 12.2. The Morgan fingerprint density at radius 2 is 2.00 bits per heavy atom. The van der Waals surface area contributed by atoms with E-state index in [9.17, 15) is 5.11 Å². The average molecular weight is 255 g/mol. The predicted molar refractivity (Wildman–Crippen MR) is 73.6 cm³/mol. The molecule has 2 aliphatic rings. The lowest BCUT2D eigenvalue weighted by Crippen LogP contribution is -2.65. The van der Waals surface area contributed by atoms with Gasteiger partial charge in [0.15, 0.2) is 0 Å². The fourth-order valence-corrected chi connectivity index (χ4v) is 4.19. The lowest BCUT2D eigenvalue weighted by Gasteiger charge is -2.60. The van der Waals surface area contributed by atoms with Crippen LogP contribution in [0.15, 0.2) is 0 Å². The number of likely N-dealkylation sites (N-methyl/N-ethyl adjacent to an activating group) is 1. The molecule has 3 nitrogen and oxygen atoms in total. The first-order chi connectivity index (χ1) is 8.60. The Hall–Kier alpha value is -0.120. The van der Waals surface area contributed by atoms with Gasteiger partial charge in [0.25, 0.3) is 0 Å². The van der Waals surface area contributed by atoms with E-state index in [-0.39, 0.29) is 6.10 Å². The quantitative estimate of drug-likeness (QED) is 0.819. The van der Waals surface area contributed by atoms with Gasteiger partial charge in [0.2, 0.25) is 0 Å². The normalized spacial score (nSPS) is 32.5. The average Bonchev–Trinajstić information content (AvgIpc) is 2.34. The second-order valence-electron chi connectivity index (χ2n) is 6.28. The van der Waals surface area contributed by atoms with Crippen LogP contribution in [0.5, 0.6) is 0 Å². The minimum absolute atomic E-state index is 0.234. The fourth-order valence-electron chi connectivity index (χ4n) is 4.19. The van der Waals surface area contributed by atoms with Crippen molar-refractivity contribution in [1.82, 2.24) is 4.90 Å². The van der Waals surface area contributed by atoms with Crippen molar-refractivity contribution in [3.63, 3.8) is 0 Å². The molecule has 0 heterocycles. The van der Waals surface area contributed by atoms with Crippen molar-refractivity contribution in [2.24, 2.45) is 5.41 Å². The highest BCUT2D eigenvalue weighted by Crippen LogP contribution is 2.55.